The van der Waals surface area contributed by atoms with Gasteiger partial charge < -0.3 is 9.64 Å². The van der Waals surface area contributed by atoms with Gasteiger partial charge in [0.2, 0.25) is 0 Å². The normalized spacial score (nSPS) is 16.5. The summed E-state index contributed by atoms with van der Waals surface area (Å²) in [6.45, 7) is 2.26. The van der Waals surface area contributed by atoms with Crippen LogP contribution in [0.5, 0.6) is 5.75 Å². The monoisotopic (exact) mass is 514 g/mol. The van der Waals surface area contributed by atoms with E-state index in [-0.39, 0.29) is 11.6 Å². The lowest BCUT2D eigenvalue weighted by molar-refractivity contribution is 0.217. The zero-order valence-electron chi connectivity index (χ0n) is 18.4. The van der Waals surface area contributed by atoms with Crippen LogP contribution in [0.15, 0.2) is 36.8 Å². The first-order chi connectivity index (χ1) is 16.9. The summed E-state index contributed by atoms with van der Waals surface area (Å²) in [4.78, 5) is 9.86. The number of ether oxygens (including phenoxy) is 1. The summed E-state index contributed by atoms with van der Waals surface area (Å²) in [7, 11) is 0. The van der Waals surface area contributed by atoms with Crippen LogP contribution in [0, 0.1) is 23.0 Å². The van der Waals surface area contributed by atoms with Crippen LogP contribution < -0.4 is 9.64 Å². The van der Waals surface area contributed by atoms with Crippen molar-refractivity contribution in [2.24, 2.45) is 0 Å². The highest BCUT2D eigenvalue weighted by atomic mass is 35.5. The number of nitrogens with zero attached hydrogens (tertiary/aromatic N) is 5. The number of hydrogen-bond acceptors (Lipinski definition) is 6. The molecule has 0 amide bonds. The molecule has 0 radical (unpaired) electrons. The third-order valence-corrected chi connectivity index (χ3v) is 6.59. The van der Waals surface area contributed by atoms with E-state index in [4.69, 9.17) is 27.9 Å². The fourth-order valence-electron chi connectivity index (χ4n) is 4.31. The smallest absolute Gasteiger partial charge is 0.167 e. The molecule has 0 unspecified atom stereocenters. The van der Waals surface area contributed by atoms with Crippen LogP contribution in [0.2, 0.25) is 10.0 Å². The second kappa shape index (κ2) is 9.29. The van der Waals surface area contributed by atoms with Gasteiger partial charge in [0.1, 0.15) is 17.8 Å². The van der Waals surface area contributed by atoms with Gasteiger partial charge in [-0.1, -0.05) is 23.2 Å². The number of pyridine rings is 2. The average Bonchev–Trinajstić information content (AvgIpc) is 3.46. The third-order valence-electron chi connectivity index (χ3n) is 5.99. The molecule has 4 heterocycles. The van der Waals surface area contributed by atoms with E-state index >= 15 is 4.39 Å². The van der Waals surface area contributed by atoms with Crippen molar-refractivity contribution in [3.8, 4) is 23.1 Å². The lowest BCUT2D eigenvalue weighted by atomic mass is 10.1. The van der Waals surface area contributed by atoms with Crippen LogP contribution in [-0.2, 0) is 0 Å². The van der Waals surface area contributed by atoms with Crippen molar-refractivity contribution < 1.29 is 13.5 Å². The highest BCUT2D eigenvalue weighted by Crippen LogP contribution is 2.37. The van der Waals surface area contributed by atoms with Crippen LogP contribution in [0.3, 0.4) is 0 Å². The van der Waals surface area contributed by atoms with Gasteiger partial charge in [0.05, 0.1) is 21.6 Å². The maximum atomic E-state index is 15.0. The number of hydrogen-bond donors (Lipinski definition) is 1. The molecule has 1 N–H and O–H groups in total. The van der Waals surface area contributed by atoms with Gasteiger partial charge in [-0.05, 0) is 31.9 Å². The Morgan fingerprint density at radius 1 is 1.17 bits per heavy atom. The molecule has 7 nitrogen and oxygen atoms in total. The lowest BCUT2D eigenvalue weighted by Crippen LogP contribution is -2.29. The molecule has 178 valence electrons. The summed E-state index contributed by atoms with van der Waals surface area (Å²) in [6, 6.07) is 5.84. The Morgan fingerprint density at radius 3 is 2.66 bits per heavy atom. The summed E-state index contributed by atoms with van der Waals surface area (Å²) in [5.41, 5.74) is 1.67. The molecule has 0 spiro atoms. The van der Waals surface area contributed by atoms with Crippen LogP contribution in [0.1, 0.15) is 31.4 Å². The quantitative estimate of drug-likeness (QED) is 0.339. The average molecular weight is 515 g/mol. The van der Waals surface area contributed by atoms with E-state index in [2.05, 4.69) is 26.2 Å². The van der Waals surface area contributed by atoms with Crippen molar-refractivity contribution in [1.82, 2.24) is 20.2 Å². The molecule has 11 heteroatoms. The highest BCUT2D eigenvalue weighted by Gasteiger charge is 2.28. The van der Waals surface area contributed by atoms with E-state index in [0.29, 0.717) is 50.7 Å². The molecule has 1 fully saturated rings. The Morgan fingerprint density at radius 2 is 1.94 bits per heavy atom. The van der Waals surface area contributed by atoms with E-state index in [9.17, 15) is 9.65 Å². The standard InChI is InChI=1S/C24H18Cl2F2N6O/c1-12(22-16(25)10-30-11-17(22)26)35-21-6-15-20(7-18(21)27)32-33-23(15)13-5-19(28)24(31-9-13)34-4-2-3-14(34)8-29/h5-7,9-12,14H,2-4H2,1H3,(H,32,33)/t12-,14-/m1/s1. The zero-order chi connectivity index (χ0) is 24.7. The van der Waals surface area contributed by atoms with Gasteiger partial charge in [-0.15, -0.1) is 0 Å². The molecule has 0 aliphatic carbocycles. The van der Waals surface area contributed by atoms with Crippen molar-refractivity contribution in [3.63, 3.8) is 0 Å². The molecular formula is C24H18Cl2F2N6O. The molecule has 2 atom stereocenters. The highest BCUT2D eigenvalue weighted by molar-refractivity contribution is 6.35. The number of nitrogens with one attached hydrogen (secondary N) is 1. The minimum Gasteiger partial charge on any atom is -0.483 e. The molecule has 35 heavy (non-hydrogen) atoms. The van der Waals surface area contributed by atoms with Crippen molar-refractivity contribution in [1.29, 1.82) is 5.26 Å². The van der Waals surface area contributed by atoms with Gasteiger partial charge in [-0.3, -0.25) is 10.1 Å². The molecule has 4 aromatic rings. The maximum Gasteiger partial charge on any atom is 0.167 e. The summed E-state index contributed by atoms with van der Waals surface area (Å²) >= 11 is 12.4. The summed E-state index contributed by atoms with van der Waals surface area (Å²) in [5, 5.41) is 17.4. The Bertz CT molecular complexity index is 1450. The molecule has 1 aliphatic rings. The number of aromatic amines is 1. The van der Waals surface area contributed by atoms with Crippen LogP contribution in [0.25, 0.3) is 22.2 Å². The molecular weight excluding hydrogens is 497 g/mol. The second-order valence-corrected chi connectivity index (χ2v) is 9.00. The first-order valence-electron chi connectivity index (χ1n) is 10.8. The number of nitriles is 1. The maximum absolute atomic E-state index is 15.0. The summed E-state index contributed by atoms with van der Waals surface area (Å²) < 4.78 is 35.7. The largest absolute Gasteiger partial charge is 0.483 e. The minimum atomic E-state index is -0.674. The van der Waals surface area contributed by atoms with Gasteiger partial charge in [0, 0.05) is 47.7 Å². The van der Waals surface area contributed by atoms with Gasteiger partial charge in [-0.25, -0.2) is 13.8 Å². The molecule has 1 saturated heterocycles. The molecule has 0 saturated carbocycles. The Hall–Kier alpha value is -3.48. The third kappa shape index (κ3) is 4.24. The molecule has 1 aliphatic heterocycles. The van der Waals surface area contributed by atoms with E-state index < -0.39 is 23.8 Å². The van der Waals surface area contributed by atoms with Crippen LogP contribution >= 0.6 is 23.2 Å². The molecule has 5 rings (SSSR count). The van der Waals surface area contributed by atoms with E-state index in [1.54, 1.807) is 11.8 Å². The summed E-state index contributed by atoms with van der Waals surface area (Å²) in [5.74, 6) is -1.09. The lowest BCUT2D eigenvalue weighted by Gasteiger charge is -2.21. The minimum absolute atomic E-state index is 0.0458. The predicted molar refractivity (Wildman–Crippen MR) is 129 cm³/mol. The first-order valence-corrected chi connectivity index (χ1v) is 11.6. The van der Waals surface area contributed by atoms with Crippen molar-refractivity contribution in [3.05, 3.63) is 64.0 Å². The number of aromatic nitrogens is 4. The number of rotatable bonds is 5. The Labute approximate surface area is 209 Å². The predicted octanol–water partition coefficient (Wildman–Crippen LogP) is 6.24. The Kier molecular flexibility index (Phi) is 6.17. The molecule has 3 aromatic heterocycles. The van der Waals surface area contributed by atoms with Gasteiger partial charge in [-0.2, -0.15) is 10.4 Å². The summed E-state index contributed by atoms with van der Waals surface area (Å²) in [6.07, 6.45) is 5.15. The van der Waals surface area contributed by atoms with E-state index in [0.717, 1.165) is 6.42 Å². The first kappa shape index (κ1) is 23.3. The number of halogens is 4. The zero-order valence-corrected chi connectivity index (χ0v) is 19.9. The number of benzene rings is 1. The fourth-order valence-corrected chi connectivity index (χ4v) is 4.99. The van der Waals surface area contributed by atoms with Crippen molar-refractivity contribution in [2.45, 2.75) is 31.9 Å². The van der Waals surface area contributed by atoms with Crippen molar-refractivity contribution in [2.75, 3.05) is 11.4 Å². The van der Waals surface area contributed by atoms with Crippen LogP contribution in [-0.4, -0.2) is 32.8 Å². The molecule has 0 bridgehead atoms. The second-order valence-electron chi connectivity index (χ2n) is 8.19. The topological polar surface area (TPSA) is 90.7 Å². The van der Waals surface area contributed by atoms with Gasteiger partial charge in [0.15, 0.2) is 23.2 Å². The number of fused-ring (bicyclic) bond motifs is 1. The Balaban J connectivity index is 1.49. The fraction of sp³-hybridized carbons (Fsp3) is 0.250. The number of H-pyrrole nitrogens is 1. The van der Waals surface area contributed by atoms with E-state index in [1.807, 2.05) is 0 Å². The van der Waals surface area contributed by atoms with Gasteiger partial charge in [0.25, 0.3) is 0 Å². The number of anilines is 1. The van der Waals surface area contributed by atoms with Crippen LogP contribution in [0.4, 0.5) is 14.6 Å². The van der Waals surface area contributed by atoms with Gasteiger partial charge >= 0.3 is 0 Å². The SMILES string of the molecule is C[C@@H](Oc1cc2c(-c3cnc(N4CCC[C@@H]4C#N)c(F)c3)n[nH]c2cc1F)c1c(Cl)cncc1Cl. The molecule has 1 aromatic carbocycles. The van der Waals surface area contributed by atoms with E-state index in [1.165, 1.54) is 36.8 Å². The van der Waals surface area contributed by atoms with Crippen molar-refractivity contribution >= 4 is 39.9 Å².